The van der Waals surface area contributed by atoms with Crippen LogP contribution in [0.5, 0.6) is 11.5 Å². The first kappa shape index (κ1) is 38.4. The van der Waals surface area contributed by atoms with Crippen LogP contribution in [0.2, 0.25) is 0 Å². The number of halogens is 7. The first-order valence-corrected chi connectivity index (χ1v) is 15.3. The third-order valence-electron chi connectivity index (χ3n) is 8.82. The van der Waals surface area contributed by atoms with Crippen LogP contribution in [0.25, 0.3) is 11.1 Å². The van der Waals surface area contributed by atoms with Gasteiger partial charge in [-0.3, -0.25) is 9.59 Å². The van der Waals surface area contributed by atoms with Crippen molar-refractivity contribution < 1.29 is 54.6 Å². The van der Waals surface area contributed by atoms with Crippen LogP contribution in [0.4, 0.5) is 36.4 Å². The van der Waals surface area contributed by atoms with Crippen molar-refractivity contribution in [3.63, 3.8) is 0 Å². The van der Waals surface area contributed by atoms with Crippen molar-refractivity contribution in [1.29, 1.82) is 0 Å². The van der Waals surface area contributed by atoms with E-state index in [2.05, 4.69) is 20.8 Å². The van der Waals surface area contributed by atoms with E-state index in [0.717, 1.165) is 29.3 Å². The zero-order valence-corrected chi connectivity index (χ0v) is 27.6. The molecule has 3 aromatic rings. The number of unbranched alkanes of at least 4 members (excludes halogenated alkanes) is 1. The second-order valence-electron chi connectivity index (χ2n) is 12.9. The van der Waals surface area contributed by atoms with Crippen molar-refractivity contribution in [3.05, 3.63) is 52.0 Å². The maximum atomic E-state index is 13.9. The lowest BCUT2D eigenvalue weighted by Crippen LogP contribution is -2.57. The second-order valence-corrected chi connectivity index (χ2v) is 12.9. The summed E-state index contributed by atoms with van der Waals surface area (Å²) >= 11 is 0. The molecule has 0 spiro atoms. The molecule has 8 nitrogen and oxygen atoms in total. The van der Waals surface area contributed by atoms with Gasteiger partial charge < -0.3 is 19.6 Å². The number of hydrogen-bond donors (Lipinski definition) is 2. The molecule has 0 aliphatic heterocycles. The lowest BCUT2D eigenvalue weighted by molar-refractivity contribution is -0.343. The first-order chi connectivity index (χ1) is 22.0. The third kappa shape index (κ3) is 7.19. The number of nitrogens with zero attached hydrogens (tertiary/aromatic N) is 1. The second kappa shape index (κ2) is 13.5. The molecule has 1 amide bonds. The number of phenols is 1. The highest BCUT2D eigenvalue weighted by atomic mass is 19.4. The Morgan fingerprint density at radius 2 is 1.54 bits per heavy atom. The van der Waals surface area contributed by atoms with Crippen molar-refractivity contribution in [3.8, 4) is 11.5 Å². The fourth-order valence-electron chi connectivity index (χ4n) is 4.78. The maximum Gasteiger partial charge on any atom is 0.460 e. The predicted octanol–water partition coefficient (Wildman–Crippen LogP) is 8.72. The normalized spacial score (nSPS) is 13.9. The fraction of sp³-hybridized carbons (Fsp3) is 0.545. The van der Waals surface area contributed by atoms with E-state index in [1.165, 1.54) is 0 Å². The average molecular weight is 693 g/mol. The number of aromatic hydroxyl groups is 1. The van der Waals surface area contributed by atoms with E-state index in [9.17, 15) is 50.2 Å². The van der Waals surface area contributed by atoms with Crippen LogP contribution in [0.1, 0.15) is 96.5 Å². The predicted molar refractivity (Wildman–Crippen MR) is 164 cm³/mol. The van der Waals surface area contributed by atoms with Gasteiger partial charge in [0.2, 0.25) is 0 Å². The Hall–Kier alpha value is -4.04. The van der Waals surface area contributed by atoms with Crippen LogP contribution in [-0.2, 0) is 15.6 Å². The Kier molecular flexibility index (Phi) is 10.8. The highest BCUT2D eigenvalue weighted by Crippen LogP contribution is 2.47. The number of carbonyl (C=O) groups excluding carboxylic acids is 2. The third-order valence-corrected chi connectivity index (χ3v) is 8.82. The smallest absolute Gasteiger partial charge is 0.460 e. The highest BCUT2D eigenvalue weighted by Gasteiger charge is 2.76. The standard InChI is InChI=1S/C33H39F7N2O6/c1-8-11-12-24(47-23-14-13-18(29(4,5)9-2)15-19(23)30(6,7)10-3)26(44)42-21-17-22(43)20(16-25(21)48-28(42)46)41-27(45)31(34,35)32(36,37)33(38,39)40/h13-17,24,43H,8-12H2,1-7H3,(H,41,45). The molecule has 0 aliphatic carbocycles. The number of amides is 1. The molecule has 48 heavy (non-hydrogen) atoms. The molecule has 0 fully saturated rings. The number of benzene rings is 2. The monoisotopic (exact) mass is 692 g/mol. The number of hydrogen-bond acceptors (Lipinski definition) is 6. The maximum absolute atomic E-state index is 13.9. The average Bonchev–Trinajstić information content (AvgIpc) is 3.32. The quantitative estimate of drug-likeness (QED) is 0.137. The van der Waals surface area contributed by atoms with Crippen molar-refractivity contribution in [1.82, 2.24) is 4.57 Å². The van der Waals surface area contributed by atoms with Crippen molar-refractivity contribution in [2.75, 3.05) is 5.32 Å². The van der Waals surface area contributed by atoms with Gasteiger partial charge in [-0.1, -0.05) is 67.0 Å². The van der Waals surface area contributed by atoms with Crippen molar-refractivity contribution in [2.24, 2.45) is 0 Å². The molecule has 0 aliphatic rings. The number of carbonyl (C=O) groups is 2. The summed E-state index contributed by atoms with van der Waals surface area (Å²) in [5.74, 6) is -19.1. The number of anilines is 1. The van der Waals surface area contributed by atoms with E-state index in [0.29, 0.717) is 35.3 Å². The summed E-state index contributed by atoms with van der Waals surface area (Å²) in [6.45, 7) is 14.2. The van der Waals surface area contributed by atoms with E-state index >= 15 is 0 Å². The summed E-state index contributed by atoms with van der Waals surface area (Å²) in [5, 5.41) is 11.5. The van der Waals surface area contributed by atoms with Crippen LogP contribution >= 0.6 is 0 Å². The summed E-state index contributed by atoms with van der Waals surface area (Å²) in [7, 11) is 0. The molecule has 1 atom stereocenters. The Balaban J connectivity index is 2.06. The van der Waals surface area contributed by atoms with Crippen LogP contribution in [0.3, 0.4) is 0 Å². The van der Waals surface area contributed by atoms with E-state index in [-0.39, 0.29) is 17.3 Å². The summed E-state index contributed by atoms with van der Waals surface area (Å²) in [6.07, 6.45) is -5.18. The number of ether oxygens (including phenoxy) is 1. The highest BCUT2D eigenvalue weighted by molar-refractivity contribution is 6.01. The van der Waals surface area contributed by atoms with Gasteiger partial charge in [0.1, 0.15) is 17.0 Å². The molecule has 1 unspecified atom stereocenters. The van der Waals surface area contributed by atoms with Gasteiger partial charge in [0, 0.05) is 17.7 Å². The van der Waals surface area contributed by atoms with Gasteiger partial charge in [0.15, 0.2) is 11.7 Å². The molecule has 15 heteroatoms. The van der Waals surface area contributed by atoms with Crippen LogP contribution in [0.15, 0.2) is 39.5 Å². The first-order valence-electron chi connectivity index (χ1n) is 15.3. The minimum atomic E-state index is -6.78. The lowest BCUT2D eigenvalue weighted by Gasteiger charge is -2.31. The van der Waals surface area contributed by atoms with E-state index in [4.69, 9.17) is 9.15 Å². The Morgan fingerprint density at radius 3 is 2.08 bits per heavy atom. The number of fused-ring (bicyclic) bond motifs is 1. The van der Waals surface area contributed by atoms with Crippen LogP contribution < -0.4 is 15.8 Å². The molecule has 0 radical (unpaired) electrons. The van der Waals surface area contributed by atoms with Crippen LogP contribution in [-0.4, -0.2) is 45.6 Å². The van der Waals surface area contributed by atoms with Crippen molar-refractivity contribution >= 4 is 28.6 Å². The Labute approximate surface area is 272 Å². The molecular formula is C33H39F7N2O6. The van der Waals surface area contributed by atoms with Gasteiger partial charge in [-0.05, 0) is 48.1 Å². The fourth-order valence-corrected chi connectivity index (χ4v) is 4.78. The molecular weight excluding hydrogens is 653 g/mol. The minimum absolute atomic E-state index is 0.144. The van der Waals surface area contributed by atoms with E-state index in [1.807, 2.05) is 39.8 Å². The number of aromatic nitrogens is 1. The molecule has 0 saturated carbocycles. The number of rotatable bonds is 13. The van der Waals surface area contributed by atoms with Gasteiger partial charge in [0.05, 0.1) is 5.69 Å². The SMILES string of the molecule is CCCCC(Oc1ccc(C(C)(C)CC)cc1C(C)(C)CC)C(=O)n1c(=O)oc2cc(NC(=O)C(F)(F)C(F)(F)C(F)(F)F)c(O)cc21. The number of phenolic OH excluding ortho intramolecular Hbond substituents is 1. The molecule has 3 rings (SSSR count). The molecule has 1 heterocycles. The number of alkyl halides is 7. The summed E-state index contributed by atoms with van der Waals surface area (Å²) in [6, 6.07) is 6.87. The zero-order chi connectivity index (χ0) is 36.6. The Bertz CT molecular complexity index is 1720. The molecule has 2 N–H and O–H groups in total. The number of oxazole rings is 1. The van der Waals surface area contributed by atoms with Gasteiger partial charge in [-0.15, -0.1) is 0 Å². The molecule has 1 aromatic heterocycles. The molecule has 0 bridgehead atoms. The summed E-state index contributed by atoms with van der Waals surface area (Å²) < 4.78 is 104. The van der Waals surface area contributed by atoms with Gasteiger partial charge in [-0.2, -0.15) is 30.7 Å². The molecule has 0 saturated heterocycles. The largest absolute Gasteiger partial charge is 0.506 e. The topological polar surface area (TPSA) is 111 Å². The summed E-state index contributed by atoms with van der Waals surface area (Å²) in [5.41, 5.74) is -0.742. The van der Waals surface area contributed by atoms with Crippen LogP contribution in [0, 0.1) is 0 Å². The number of nitrogens with one attached hydrogen (secondary N) is 1. The molecule has 266 valence electrons. The van der Waals surface area contributed by atoms with E-state index in [1.54, 1.807) is 6.07 Å². The minimum Gasteiger partial charge on any atom is -0.506 e. The lowest BCUT2D eigenvalue weighted by atomic mass is 9.76. The van der Waals surface area contributed by atoms with Gasteiger partial charge in [0.25, 0.3) is 5.91 Å². The summed E-state index contributed by atoms with van der Waals surface area (Å²) in [4.78, 5) is 38.7. The molecule has 2 aromatic carbocycles. The zero-order valence-electron chi connectivity index (χ0n) is 27.6. The Morgan fingerprint density at radius 1 is 0.938 bits per heavy atom. The van der Waals surface area contributed by atoms with Gasteiger partial charge >= 0.3 is 29.7 Å². The van der Waals surface area contributed by atoms with Crippen molar-refractivity contribution in [2.45, 2.75) is 116 Å². The van der Waals surface area contributed by atoms with E-state index < -0.39 is 64.2 Å². The van der Waals surface area contributed by atoms with Gasteiger partial charge in [-0.25, -0.2) is 9.36 Å².